The summed E-state index contributed by atoms with van der Waals surface area (Å²) >= 11 is 7.64. The number of thioether (sulfide) groups is 1. The third-order valence-electron chi connectivity index (χ3n) is 5.63. The van der Waals surface area contributed by atoms with Gasteiger partial charge >= 0.3 is 0 Å². The number of amides is 1. The minimum Gasteiger partial charge on any atom is -0.493 e. The van der Waals surface area contributed by atoms with Crippen molar-refractivity contribution in [3.8, 4) is 11.5 Å². The van der Waals surface area contributed by atoms with Gasteiger partial charge in [0.1, 0.15) is 6.61 Å². The summed E-state index contributed by atoms with van der Waals surface area (Å²) in [6.45, 7) is 0.807. The molecule has 0 atom stereocenters. The molecular formula is C26H26ClNO5S. The average molecular weight is 500 g/mol. The third-order valence-corrected chi connectivity index (χ3v) is 7.09. The number of carbonyl (C=O) groups is 1. The van der Waals surface area contributed by atoms with Crippen LogP contribution in [0, 0.1) is 0 Å². The van der Waals surface area contributed by atoms with E-state index in [1.807, 2.05) is 42.5 Å². The van der Waals surface area contributed by atoms with Crippen LogP contribution >= 0.6 is 23.4 Å². The van der Waals surface area contributed by atoms with Gasteiger partial charge in [-0.3, -0.25) is 4.79 Å². The number of carbonyl (C=O) groups excluding carboxylic acids is 1. The summed E-state index contributed by atoms with van der Waals surface area (Å²) in [5.74, 6) is 1.05. The lowest BCUT2D eigenvalue weighted by Crippen LogP contribution is -2.36. The van der Waals surface area contributed by atoms with Gasteiger partial charge in [-0.15, -0.1) is 5.73 Å². The van der Waals surface area contributed by atoms with Crippen molar-refractivity contribution >= 4 is 39.9 Å². The van der Waals surface area contributed by atoms with Gasteiger partial charge in [-0.2, -0.15) is 0 Å². The van der Waals surface area contributed by atoms with E-state index < -0.39 is 6.29 Å². The van der Waals surface area contributed by atoms with Crippen LogP contribution in [0.1, 0.15) is 18.4 Å². The highest BCUT2D eigenvalue weighted by atomic mass is 35.5. The lowest BCUT2D eigenvalue weighted by atomic mass is 10.0. The molecule has 34 heavy (non-hydrogen) atoms. The molecule has 2 aliphatic heterocycles. The monoisotopic (exact) mass is 499 g/mol. The molecule has 0 aromatic heterocycles. The zero-order valence-electron chi connectivity index (χ0n) is 19.3. The zero-order valence-corrected chi connectivity index (χ0v) is 20.9. The summed E-state index contributed by atoms with van der Waals surface area (Å²) in [6, 6.07) is 13.1. The summed E-state index contributed by atoms with van der Waals surface area (Å²) in [5.41, 5.74) is 6.17. The van der Waals surface area contributed by atoms with Crippen molar-refractivity contribution in [2.75, 3.05) is 39.4 Å². The van der Waals surface area contributed by atoms with Crippen molar-refractivity contribution in [2.45, 2.75) is 19.1 Å². The minimum atomic E-state index is -0.485. The smallest absolute Gasteiger partial charge is 0.265 e. The number of hydrogen-bond acceptors (Lipinski definition) is 6. The van der Waals surface area contributed by atoms with E-state index in [0.29, 0.717) is 29.5 Å². The maximum atomic E-state index is 13.6. The van der Waals surface area contributed by atoms with Crippen LogP contribution in [0.4, 0.5) is 5.69 Å². The highest BCUT2D eigenvalue weighted by Gasteiger charge is 2.30. The van der Waals surface area contributed by atoms with Crippen molar-refractivity contribution in [2.24, 2.45) is 0 Å². The predicted octanol–water partition coefficient (Wildman–Crippen LogP) is 5.67. The van der Waals surface area contributed by atoms with E-state index in [2.05, 4.69) is 5.73 Å². The van der Waals surface area contributed by atoms with Crippen molar-refractivity contribution in [3.63, 3.8) is 0 Å². The summed E-state index contributed by atoms with van der Waals surface area (Å²) in [5, 5.41) is 0.652. The molecule has 2 aromatic rings. The standard InChI is InChI=1S/C26H26ClNO5S/c1-30-22-15-20(10-11-21(22)33-16-24(31-2)32-3)28-13-12-17-6-5-9-23(34-25(17)26(28)29)18-7-4-8-19(27)14-18/h4-5,7-8,10-11,14-15,24H,6,12-13,16H2,1-3H3. The molecule has 2 aliphatic rings. The maximum absolute atomic E-state index is 13.6. The van der Waals surface area contributed by atoms with E-state index in [-0.39, 0.29) is 12.5 Å². The zero-order chi connectivity index (χ0) is 24.1. The van der Waals surface area contributed by atoms with E-state index in [4.69, 9.17) is 30.5 Å². The number of halogens is 1. The molecule has 0 fully saturated rings. The van der Waals surface area contributed by atoms with Gasteiger partial charge in [0.25, 0.3) is 5.91 Å². The number of hydrogen-bond donors (Lipinski definition) is 0. The number of anilines is 1. The largest absolute Gasteiger partial charge is 0.493 e. The van der Waals surface area contributed by atoms with Crippen LogP contribution in [0.3, 0.4) is 0 Å². The Kier molecular flexibility index (Phi) is 8.03. The Labute approximate surface area is 208 Å². The van der Waals surface area contributed by atoms with Gasteiger partial charge in [0, 0.05) is 37.5 Å². The molecule has 0 radical (unpaired) electrons. The number of benzene rings is 2. The molecule has 0 spiro atoms. The normalized spacial score (nSPS) is 15.9. The van der Waals surface area contributed by atoms with Gasteiger partial charge in [0.15, 0.2) is 17.8 Å². The number of allylic oxidation sites excluding steroid dienone is 1. The van der Waals surface area contributed by atoms with Gasteiger partial charge in [-0.1, -0.05) is 35.5 Å². The summed E-state index contributed by atoms with van der Waals surface area (Å²) in [4.78, 5) is 17.0. The van der Waals surface area contributed by atoms with Gasteiger partial charge in [0.05, 0.1) is 16.9 Å². The second-order valence-electron chi connectivity index (χ2n) is 7.68. The van der Waals surface area contributed by atoms with Gasteiger partial charge in [-0.05, 0) is 54.3 Å². The molecule has 2 aromatic carbocycles. The molecule has 2 heterocycles. The maximum Gasteiger partial charge on any atom is 0.265 e. The van der Waals surface area contributed by atoms with Crippen LogP contribution in [-0.4, -0.2) is 46.7 Å². The van der Waals surface area contributed by atoms with Crippen molar-refractivity contribution in [3.05, 3.63) is 75.3 Å². The first kappa shape index (κ1) is 24.5. The molecule has 0 bridgehead atoms. The van der Waals surface area contributed by atoms with E-state index in [1.54, 1.807) is 32.3 Å². The Balaban J connectivity index is 1.55. The van der Waals surface area contributed by atoms with E-state index in [0.717, 1.165) is 33.1 Å². The summed E-state index contributed by atoms with van der Waals surface area (Å²) < 4.78 is 21.7. The lowest BCUT2D eigenvalue weighted by Gasteiger charge is -2.30. The molecular weight excluding hydrogens is 474 g/mol. The predicted molar refractivity (Wildman–Crippen MR) is 135 cm³/mol. The van der Waals surface area contributed by atoms with Crippen LogP contribution in [0.25, 0.3) is 4.91 Å². The van der Waals surface area contributed by atoms with Crippen LogP contribution in [0.15, 0.2) is 64.8 Å². The molecule has 0 saturated carbocycles. The Hall–Kier alpha value is -2.67. The first-order chi connectivity index (χ1) is 16.5. The van der Waals surface area contributed by atoms with Gasteiger partial charge in [0.2, 0.25) is 0 Å². The number of methoxy groups -OCH3 is 3. The Bertz CT molecular complexity index is 1170. The molecule has 4 rings (SSSR count). The average Bonchev–Trinajstić information content (AvgIpc) is 3.08. The Morgan fingerprint density at radius 1 is 1.12 bits per heavy atom. The first-order valence-electron chi connectivity index (χ1n) is 10.8. The fourth-order valence-corrected chi connectivity index (χ4v) is 5.11. The third kappa shape index (κ3) is 5.35. The minimum absolute atomic E-state index is 0.0302. The summed E-state index contributed by atoms with van der Waals surface area (Å²) in [7, 11) is 4.68. The second-order valence-corrected chi connectivity index (χ2v) is 9.14. The SMILES string of the molecule is COc1cc(N2CCC3=C(SC(c4cccc(Cl)c4)=C=CC3)C2=O)ccc1OCC(OC)OC. The number of rotatable bonds is 8. The molecule has 8 heteroatoms. The molecule has 1 amide bonds. The fraction of sp³-hybridized carbons (Fsp3) is 0.308. The molecule has 0 N–H and O–H groups in total. The Morgan fingerprint density at radius 2 is 1.94 bits per heavy atom. The second kappa shape index (κ2) is 11.2. The van der Waals surface area contributed by atoms with E-state index in [1.165, 1.54) is 11.8 Å². The fourth-order valence-electron chi connectivity index (χ4n) is 3.80. The number of ether oxygens (including phenoxy) is 4. The van der Waals surface area contributed by atoms with Crippen molar-refractivity contribution in [1.82, 2.24) is 0 Å². The summed E-state index contributed by atoms with van der Waals surface area (Å²) in [6.07, 6.45) is 3.01. The highest BCUT2D eigenvalue weighted by molar-refractivity contribution is 8.12. The first-order valence-corrected chi connectivity index (χ1v) is 12.0. The molecule has 0 unspecified atom stereocenters. The molecule has 0 aliphatic carbocycles. The lowest BCUT2D eigenvalue weighted by molar-refractivity contribution is -0.122. The quantitative estimate of drug-likeness (QED) is 0.344. The van der Waals surface area contributed by atoms with Gasteiger partial charge < -0.3 is 23.8 Å². The molecule has 178 valence electrons. The van der Waals surface area contributed by atoms with Crippen molar-refractivity contribution in [1.29, 1.82) is 0 Å². The van der Waals surface area contributed by atoms with E-state index >= 15 is 0 Å². The van der Waals surface area contributed by atoms with Gasteiger partial charge in [-0.25, -0.2) is 0 Å². The van der Waals surface area contributed by atoms with Crippen LogP contribution in [0.2, 0.25) is 5.02 Å². The molecule has 0 saturated heterocycles. The van der Waals surface area contributed by atoms with Crippen LogP contribution in [0.5, 0.6) is 11.5 Å². The van der Waals surface area contributed by atoms with Crippen molar-refractivity contribution < 1.29 is 23.7 Å². The van der Waals surface area contributed by atoms with Crippen LogP contribution < -0.4 is 14.4 Å². The number of nitrogens with zero attached hydrogens (tertiary/aromatic N) is 1. The molecule has 6 nitrogen and oxygen atoms in total. The highest BCUT2D eigenvalue weighted by Crippen LogP contribution is 2.43. The topological polar surface area (TPSA) is 57.2 Å². The Morgan fingerprint density at radius 3 is 2.68 bits per heavy atom. The van der Waals surface area contributed by atoms with E-state index in [9.17, 15) is 4.79 Å². The van der Waals surface area contributed by atoms with Crippen LogP contribution in [-0.2, 0) is 14.3 Å².